The second kappa shape index (κ2) is 9.79. The van der Waals surface area contributed by atoms with Crippen molar-refractivity contribution in [2.75, 3.05) is 44.2 Å². The summed E-state index contributed by atoms with van der Waals surface area (Å²) in [6.07, 6.45) is -0.298. The molecule has 2 aromatic rings. The van der Waals surface area contributed by atoms with Crippen molar-refractivity contribution in [2.45, 2.75) is 31.7 Å². The van der Waals surface area contributed by atoms with E-state index in [1.807, 2.05) is 24.0 Å². The van der Waals surface area contributed by atoms with E-state index in [1.165, 1.54) is 10.4 Å². The number of carbonyl (C=O) groups excluding carboxylic acids is 1. The fourth-order valence-corrected chi connectivity index (χ4v) is 6.23. The number of nitrogens with zero attached hydrogens (tertiary/aromatic N) is 3. The number of sulfonamides is 1. The molecular weight excluding hydrogens is 445 g/mol. The molecule has 2 saturated heterocycles. The van der Waals surface area contributed by atoms with Crippen molar-refractivity contribution in [3.63, 3.8) is 0 Å². The van der Waals surface area contributed by atoms with Crippen molar-refractivity contribution in [1.82, 2.24) is 9.21 Å². The van der Waals surface area contributed by atoms with Gasteiger partial charge in [0.1, 0.15) is 11.1 Å². The van der Waals surface area contributed by atoms with Gasteiger partial charge in [0.05, 0.1) is 12.7 Å². The number of hydrogen-bond acceptors (Lipinski definition) is 5. The number of amides is 1. The fourth-order valence-electron chi connectivity index (χ4n) is 4.38. The summed E-state index contributed by atoms with van der Waals surface area (Å²) < 4.78 is 49.2. The van der Waals surface area contributed by atoms with Crippen LogP contribution in [-0.4, -0.2) is 69.0 Å². The lowest BCUT2D eigenvalue weighted by molar-refractivity contribution is -0.129. The Kier molecular flexibility index (Phi) is 7.02. The van der Waals surface area contributed by atoms with Crippen LogP contribution in [0.4, 0.5) is 10.1 Å². The predicted octanol–water partition coefficient (Wildman–Crippen LogP) is 2.79. The molecule has 0 aromatic heterocycles. The summed E-state index contributed by atoms with van der Waals surface area (Å²) in [5, 5.41) is -0.830. The molecule has 2 atom stereocenters. The van der Waals surface area contributed by atoms with Gasteiger partial charge in [0.2, 0.25) is 15.9 Å². The summed E-state index contributed by atoms with van der Waals surface area (Å²) in [7, 11) is -3.75. The molecule has 0 aliphatic carbocycles. The molecule has 178 valence electrons. The summed E-state index contributed by atoms with van der Waals surface area (Å²) >= 11 is 0. The molecule has 7 nitrogen and oxygen atoms in total. The number of anilines is 1. The molecule has 2 aromatic carbocycles. The van der Waals surface area contributed by atoms with Gasteiger partial charge in [-0.3, -0.25) is 4.79 Å². The molecule has 4 rings (SSSR count). The van der Waals surface area contributed by atoms with Crippen LogP contribution in [0.15, 0.2) is 48.5 Å². The van der Waals surface area contributed by atoms with E-state index in [9.17, 15) is 13.2 Å². The summed E-state index contributed by atoms with van der Waals surface area (Å²) in [5.41, 5.74) is 1.72. The van der Waals surface area contributed by atoms with Crippen molar-refractivity contribution in [1.29, 1.82) is 0 Å². The van der Waals surface area contributed by atoms with Crippen LogP contribution in [0.25, 0.3) is 0 Å². The third-order valence-corrected chi connectivity index (χ3v) is 8.48. The highest BCUT2D eigenvalue weighted by atomic mass is 32.2. The first-order valence-corrected chi connectivity index (χ1v) is 12.7. The molecule has 2 aliphatic heterocycles. The maximum atomic E-state index is 15.1. The highest BCUT2D eigenvalue weighted by Crippen LogP contribution is 2.31. The fraction of sp³-hybridized carbons (Fsp3) is 0.458. The van der Waals surface area contributed by atoms with E-state index < -0.39 is 21.1 Å². The Labute approximate surface area is 194 Å². The van der Waals surface area contributed by atoms with Gasteiger partial charge in [-0.25, -0.2) is 12.8 Å². The molecule has 9 heteroatoms. The van der Waals surface area contributed by atoms with E-state index in [0.717, 1.165) is 5.69 Å². The Morgan fingerprint density at radius 1 is 1.09 bits per heavy atom. The Bertz CT molecular complexity index is 1090. The highest BCUT2D eigenvalue weighted by molar-refractivity contribution is 7.89. The van der Waals surface area contributed by atoms with E-state index in [4.69, 9.17) is 4.74 Å². The number of piperazine rings is 1. The molecular formula is C24H30FN3O4S. The average Bonchev–Trinajstić information content (AvgIpc) is 2.91. The molecule has 0 spiro atoms. The predicted molar refractivity (Wildman–Crippen MR) is 125 cm³/mol. The number of ether oxygens (including phenoxy) is 1. The zero-order valence-corrected chi connectivity index (χ0v) is 19.8. The molecule has 0 radical (unpaired) electrons. The van der Waals surface area contributed by atoms with Gasteiger partial charge in [0.25, 0.3) is 0 Å². The van der Waals surface area contributed by atoms with Crippen molar-refractivity contribution in [3.05, 3.63) is 65.5 Å². The minimum absolute atomic E-state index is 0.0434. The van der Waals surface area contributed by atoms with Crippen LogP contribution >= 0.6 is 0 Å². The number of halogens is 1. The first-order chi connectivity index (χ1) is 15.8. The number of benzene rings is 2. The zero-order valence-electron chi connectivity index (χ0n) is 19.0. The van der Waals surface area contributed by atoms with Gasteiger partial charge in [-0.15, -0.1) is 0 Å². The minimum atomic E-state index is -3.75. The third kappa shape index (κ3) is 5.20. The van der Waals surface area contributed by atoms with Gasteiger partial charge < -0.3 is 14.5 Å². The number of hydrogen-bond donors (Lipinski definition) is 0. The van der Waals surface area contributed by atoms with Crippen LogP contribution in [0.5, 0.6) is 0 Å². The Hall–Kier alpha value is -2.49. The van der Waals surface area contributed by atoms with Gasteiger partial charge in [-0.2, -0.15) is 4.31 Å². The molecule has 2 aliphatic rings. The topological polar surface area (TPSA) is 70.2 Å². The van der Waals surface area contributed by atoms with Crippen molar-refractivity contribution in [2.24, 2.45) is 0 Å². The summed E-state index contributed by atoms with van der Waals surface area (Å²) in [4.78, 5) is 15.3. The normalized spacial score (nSPS) is 23.8. The quantitative estimate of drug-likeness (QED) is 0.680. The standard InChI is InChI=1S/C24H30FN3O4S/c1-18-15-28(33(30,31)24(17-32-18)20-6-4-3-5-7-20)16-21-8-9-22(14-23(21)25)27-12-10-26(11-13-27)19(2)29/h3-9,14,18,24H,10-13,15-17H2,1-2H3/t18-,24?/m0/s1. The summed E-state index contributed by atoms with van der Waals surface area (Å²) in [5.74, 6) is -0.396. The van der Waals surface area contributed by atoms with E-state index >= 15 is 4.39 Å². The maximum Gasteiger partial charge on any atom is 0.223 e. The highest BCUT2D eigenvalue weighted by Gasteiger charge is 2.38. The maximum absolute atomic E-state index is 15.1. The molecule has 2 fully saturated rings. The van der Waals surface area contributed by atoms with Crippen molar-refractivity contribution in [3.8, 4) is 0 Å². The minimum Gasteiger partial charge on any atom is -0.375 e. The van der Waals surface area contributed by atoms with Gasteiger partial charge in [-0.1, -0.05) is 36.4 Å². The van der Waals surface area contributed by atoms with Gasteiger partial charge in [-0.05, 0) is 24.6 Å². The largest absolute Gasteiger partial charge is 0.375 e. The van der Waals surface area contributed by atoms with Gasteiger partial charge in [0, 0.05) is 57.4 Å². The smallest absolute Gasteiger partial charge is 0.223 e. The second-order valence-corrected chi connectivity index (χ2v) is 10.8. The lowest BCUT2D eigenvalue weighted by atomic mass is 10.1. The first kappa shape index (κ1) is 23.7. The van der Waals surface area contributed by atoms with Crippen LogP contribution in [-0.2, 0) is 26.1 Å². The van der Waals surface area contributed by atoms with E-state index in [-0.39, 0.29) is 31.7 Å². The van der Waals surface area contributed by atoms with E-state index in [1.54, 1.807) is 42.2 Å². The lowest BCUT2D eigenvalue weighted by Crippen LogP contribution is -2.48. The summed E-state index contributed by atoms with van der Waals surface area (Å²) in [6.45, 7) is 6.03. The van der Waals surface area contributed by atoms with E-state index in [2.05, 4.69) is 0 Å². The monoisotopic (exact) mass is 475 g/mol. The van der Waals surface area contributed by atoms with E-state index in [0.29, 0.717) is 37.3 Å². The molecule has 0 saturated carbocycles. The van der Waals surface area contributed by atoms with Crippen molar-refractivity contribution < 1.29 is 22.3 Å². The van der Waals surface area contributed by atoms with Crippen LogP contribution in [0.1, 0.15) is 30.2 Å². The van der Waals surface area contributed by atoms with Crippen LogP contribution in [0.3, 0.4) is 0 Å². The molecule has 0 bridgehead atoms. The Balaban J connectivity index is 1.53. The molecule has 1 amide bonds. The zero-order chi connectivity index (χ0) is 23.6. The Morgan fingerprint density at radius 3 is 2.42 bits per heavy atom. The number of rotatable bonds is 4. The molecule has 33 heavy (non-hydrogen) atoms. The molecule has 2 heterocycles. The van der Waals surface area contributed by atoms with Crippen LogP contribution in [0, 0.1) is 5.82 Å². The second-order valence-electron chi connectivity index (χ2n) is 8.65. The summed E-state index contributed by atoms with van der Waals surface area (Å²) in [6, 6.07) is 13.9. The average molecular weight is 476 g/mol. The molecule has 0 N–H and O–H groups in total. The first-order valence-electron chi connectivity index (χ1n) is 11.2. The lowest BCUT2D eigenvalue weighted by Gasteiger charge is -2.35. The van der Waals surface area contributed by atoms with Gasteiger partial charge >= 0.3 is 0 Å². The van der Waals surface area contributed by atoms with Crippen molar-refractivity contribution >= 4 is 21.6 Å². The Morgan fingerprint density at radius 2 is 1.79 bits per heavy atom. The third-order valence-electron chi connectivity index (χ3n) is 6.36. The SMILES string of the molecule is CC(=O)N1CCN(c2ccc(CN3C[C@H](C)OCC(c4ccccc4)S3(=O)=O)c(F)c2)CC1. The van der Waals surface area contributed by atoms with Crippen LogP contribution < -0.4 is 4.90 Å². The van der Waals surface area contributed by atoms with Gasteiger partial charge in [0.15, 0.2) is 0 Å². The number of carbonyl (C=O) groups is 1. The molecule has 1 unspecified atom stereocenters. The van der Waals surface area contributed by atoms with Crippen LogP contribution in [0.2, 0.25) is 0 Å².